The van der Waals surface area contributed by atoms with Crippen LogP contribution in [0.4, 0.5) is 5.82 Å². The van der Waals surface area contributed by atoms with Gasteiger partial charge in [-0.2, -0.15) is 5.10 Å². The van der Waals surface area contributed by atoms with E-state index >= 15 is 0 Å². The van der Waals surface area contributed by atoms with Crippen LogP contribution in [0.5, 0.6) is 0 Å². The van der Waals surface area contributed by atoms with Crippen LogP contribution in [0.1, 0.15) is 10.4 Å². The Balaban J connectivity index is 1.31. The smallest absolute Gasteiger partial charge is 0.251 e. The molecule has 0 bridgehead atoms. The van der Waals surface area contributed by atoms with Crippen molar-refractivity contribution < 1.29 is 9.59 Å². The number of nitrogens with zero attached hydrogens (tertiary/aromatic N) is 2. The lowest BCUT2D eigenvalue weighted by Crippen LogP contribution is -2.32. The molecule has 2 amide bonds. The number of nitrogens with one attached hydrogen (secondary N) is 2. The standard InChI is InChI=1S/C24H20N4O2/c29-23(26-22-15-16-28(27-22)21-9-5-2-6-10-21)17-25-24(30)20-13-11-19(12-14-20)18-7-3-1-4-8-18/h1-16H,17H2,(H,25,30)(H,26,27,29). The van der Waals surface area contributed by atoms with Crippen molar-refractivity contribution in [3.05, 3.63) is 103 Å². The largest absolute Gasteiger partial charge is 0.343 e. The van der Waals surface area contributed by atoms with Gasteiger partial charge in [0.2, 0.25) is 5.91 Å². The van der Waals surface area contributed by atoms with Crippen molar-refractivity contribution in [2.24, 2.45) is 0 Å². The molecule has 0 atom stereocenters. The van der Waals surface area contributed by atoms with E-state index in [0.717, 1.165) is 16.8 Å². The number of carbonyl (C=O) groups excluding carboxylic acids is 2. The summed E-state index contributed by atoms with van der Waals surface area (Å²) in [5.74, 6) is -0.229. The molecule has 6 heteroatoms. The lowest BCUT2D eigenvalue weighted by molar-refractivity contribution is -0.115. The number of carbonyl (C=O) groups is 2. The van der Waals surface area contributed by atoms with Crippen LogP contribution < -0.4 is 10.6 Å². The van der Waals surface area contributed by atoms with Crippen molar-refractivity contribution in [3.63, 3.8) is 0 Å². The molecule has 0 spiro atoms. The molecular formula is C24H20N4O2. The SMILES string of the molecule is O=C(CNC(=O)c1ccc(-c2ccccc2)cc1)Nc1ccn(-c2ccccc2)n1. The number of rotatable bonds is 6. The predicted molar refractivity (Wildman–Crippen MR) is 116 cm³/mol. The highest BCUT2D eigenvalue weighted by Crippen LogP contribution is 2.19. The zero-order valence-electron chi connectivity index (χ0n) is 16.2. The number of aromatic nitrogens is 2. The molecule has 4 rings (SSSR count). The van der Waals surface area contributed by atoms with Gasteiger partial charge in [-0.25, -0.2) is 4.68 Å². The summed E-state index contributed by atoms with van der Waals surface area (Å²) < 4.78 is 1.67. The Bertz CT molecular complexity index is 1140. The Hall–Kier alpha value is -4.19. The van der Waals surface area contributed by atoms with Gasteiger partial charge in [0.15, 0.2) is 5.82 Å². The van der Waals surface area contributed by atoms with Crippen LogP contribution in [0.15, 0.2) is 97.2 Å². The summed E-state index contributed by atoms with van der Waals surface area (Å²) in [7, 11) is 0. The zero-order chi connectivity index (χ0) is 20.8. The van der Waals surface area contributed by atoms with E-state index in [0.29, 0.717) is 11.4 Å². The maximum atomic E-state index is 12.3. The van der Waals surface area contributed by atoms with Crippen LogP contribution in [-0.2, 0) is 4.79 Å². The summed E-state index contributed by atoms with van der Waals surface area (Å²) in [4.78, 5) is 24.5. The van der Waals surface area contributed by atoms with E-state index in [4.69, 9.17) is 0 Å². The van der Waals surface area contributed by atoms with E-state index < -0.39 is 0 Å². The minimum Gasteiger partial charge on any atom is -0.343 e. The number of amides is 2. The molecule has 0 aliphatic rings. The fraction of sp³-hybridized carbons (Fsp3) is 0.0417. The van der Waals surface area contributed by atoms with Gasteiger partial charge in [-0.15, -0.1) is 0 Å². The second-order valence-electron chi connectivity index (χ2n) is 6.66. The van der Waals surface area contributed by atoms with Gasteiger partial charge in [-0.05, 0) is 35.4 Å². The fourth-order valence-corrected chi connectivity index (χ4v) is 3.01. The number of hydrogen-bond acceptors (Lipinski definition) is 3. The van der Waals surface area contributed by atoms with E-state index in [9.17, 15) is 9.59 Å². The molecule has 0 aliphatic carbocycles. The average Bonchev–Trinajstić information content (AvgIpc) is 3.27. The Labute approximate surface area is 174 Å². The lowest BCUT2D eigenvalue weighted by Gasteiger charge is -2.07. The fourth-order valence-electron chi connectivity index (χ4n) is 3.01. The summed E-state index contributed by atoms with van der Waals surface area (Å²) in [6, 6.07) is 28.5. The molecule has 148 valence electrons. The zero-order valence-corrected chi connectivity index (χ0v) is 16.2. The van der Waals surface area contributed by atoms with Crippen LogP contribution in [0.2, 0.25) is 0 Å². The van der Waals surface area contributed by atoms with Crippen molar-refractivity contribution in [2.45, 2.75) is 0 Å². The summed E-state index contributed by atoms with van der Waals surface area (Å²) in [6.45, 7) is -0.141. The third-order valence-corrected chi connectivity index (χ3v) is 4.54. The van der Waals surface area contributed by atoms with E-state index in [-0.39, 0.29) is 18.4 Å². The van der Waals surface area contributed by atoms with Crippen LogP contribution in [-0.4, -0.2) is 28.1 Å². The van der Waals surface area contributed by atoms with Crippen molar-refractivity contribution in [1.29, 1.82) is 0 Å². The molecule has 0 aliphatic heterocycles. The van der Waals surface area contributed by atoms with Gasteiger partial charge < -0.3 is 10.6 Å². The molecule has 2 N–H and O–H groups in total. The normalized spacial score (nSPS) is 10.4. The lowest BCUT2D eigenvalue weighted by atomic mass is 10.0. The van der Waals surface area contributed by atoms with E-state index in [1.807, 2.05) is 72.8 Å². The number of hydrogen-bond donors (Lipinski definition) is 2. The third-order valence-electron chi connectivity index (χ3n) is 4.54. The summed E-state index contributed by atoms with van der Waals surface area (Å²) >= 11 is 0. The Morgan fingerprint density at radius 1 is 0.767 bits per heavy atom. The Kier molecular flexibility index (Phi) is 5.66. The molecule has 1 aromatic heterocycles. The number of anilines is 1. The molecule has 6 nitrogen and oxygen atoms in total. The number of para-hydroxylation sites is 1. The van der Waals surface area contributed by atoms with E-state index in [2.05, 4.69) is 15.7 Å². The average molecular weight is 396 g/mol. The Morgan fingerprint density at radius 2 is 1.40 bits per heavy atom. The van der Waals surface area contributed by atoms with Crippen molar-refractivity contribution >= 4 is 17.6 Å². The molecular weight excluding hydrogens is 376 g/mol. The molecule has 30 heavy (non-hydrogen) atoms. The minimum atomic E-state index is -0.345. The molecule has 0 unspecified atom stereocenters. The van der Waals surface area contributed by atoms with Gasteiger partial charge in [-0.1, -0.05) is 60.7 Å². The van der Waals surface area contributed by atoms with Gasteiger partial charge >= 0.3 is 0 Å². The van der Waals surface area contributed by atoms with Gasteiger partial charge in [0.05, 0.1) is 12.2 Å². The van der Waals surface area contributed by atoms with Gasteiger partial charge in [-0.3, -0.25) is 9.59 Å². The van der Waals surface area contributed by atoms with Gasteiger partial charge in [0, 0.05) is 17.8 Å². The maximum Gasteiger partial charge on any atom is 0.251 e. The van der Waals surface area contributed by atoms with Gasteiger partial charge in [0.1, 0.15) is 0 Å². The Morgan fingerprint density at radius 3 is 2.10 bits per heavy atom. The second kappa shape index (κ2) is 8.87. The quantitative estimate of drug-likeness (QED) is 0.519. The monoisotopic (exact) mass is 396 g/mol. The van der Waals surface area contributed by atoms with Crippen molar-refractivity contribution in [3.8, 4) is 16.8 Å². The topological polar surface area (TPSA) is 76.0 Å². The highest BCUT2D eigenvalue weighted by atomic mass is 16.2. The first kappa shape index (κ1) is 19.1. The second-order valence-corrected chi connectivity index (χ2v) is 6.66. The maximum absolute atomic E-state index is 12.3. The highest BCUT2D eigenvalue weighted by Gasteiger charge is 2.10. The van der Waals surface area contributed by atoms with Gasteiger partial charge in [0.25, 0.3) is 5.91 Å². The molecule has 0 fully saturated rings. The first-order valence-electron chi connectivity index (χ1n) is 9.54. The van der Waals surface area contributed by atoms with E-state index in [1.165, 1.54) is 0 Å². The molecule has 0 radical (unpaired) electrons. The summed E-state index contributed by atoms with van der Waals surface area (Å²) in [6.07, 6.45) is 1.76. The van der Waals surface area contributed by atoms with Crippen LogP contribution in [0.25, 0.3) is 16.8 Å². The summed E-state index contributed by atoms with van der Waals surface area (Å²) in [5.41, 5.74) is 3.50. The van der Waals surface area contributed by atoms with Crippen LogP contribution >= 0.6 is 0 Å². The minimum absolute atomic E-state index is 0.141. The first-order chi connectivity index (χ1) is 14.7. The first-order valence-corrected chi connectivity index (χ1v) is 9.54. The van der Waals surface area contributed by atoms with Crippen molar-refractivity contribution in [2.75, 3.05) is 11.9 Å². The molecule has 1 heterocycles. The van der Waals surface area contributed by atoms with Crippen LogP contribution in [0.3, 0.4) is 0 Å². The predicted octanol–water partition coefficient (Wildman–Crippen LogP) is 3.91. The molecule has 0 saturated heterocycles. The van der Waals surface area contributed by atoms with Crippen molar-refractivity contribution in [1.82, 2.24) is 15.1 Å². The molecule has 0 saturated carbocycles. The third kappa shape index (κ3) is 4.62. The van der Waals surface area contributed by atoms with Crippen LogP contribution in [0, 0.1) is 0 Å². The number of benzene rings is 3. The summed E-state index contributed by atoms with van der Waals surface area (Å²) in [5, 5.41) is 9.63. The molecule has 3 aromatic carbocycles. The molecule has 4 aromatic rings. The highest BCUT2D eigenvalue weighted by molar-refractivity contribution is 5.99. The van der Waals surface area contributed by atoms with E-state index in [1.54, 1.807) is 29.1 Å².